The van der Waals surface area contributed by atoms with Crippen LogP contribution in [-0.2, 0) is 13.0 Å². The Labute approximate surface area is 155 Å². The highest BCUT2D eigenvalue weighted by atomic mass is 32.2. The predicted octanol–water partition coefficient (Wildman–Crippen LogP) is 4.69. The Morgan fingerprint density at radius 2 is 1.84 bits per heavy atom. The van der Waals surface area contributed by atoms with E-state index in [1.807, 2.05) is 18.2 Å². The molecule has 0 saturated heterocycles. The third-order valence-electron chi connectivity index (χ3n) is 3.62. The molecule has 0 amide bonds. The molecule has 2 aromatic carbocycles. The van der Waals surface area contributed by atoms with Gasteiger partial charge in [0.2, 0.25) is 5.13 Å². The lowest BCUT2D eigenvalue weighted by molar-refractivity contribution is 0.980. The van der Waals surface area contributed by atoms with Crippen molar-refractivity contribution in [1.82, 2.24) is 10.2 Å². The lowest BCUT2D eigenvalue weighted by atomic mass is 10.1. The van der Waals surface area contributed by atoms with Crippen molar-refractivity contribution in [2.24, 2.45) is 0 Å². The predicted molar refractivity (Wildman–Crippen MR) is 104 cm³/mol. The number of nitriles is 1. The topological polar surface area (TPSA) is 61.6 Å². The van der Waals surface area contributed by atoms with Gasteiger partial charge in [-0.1, -0.05) is 83.3 Å². The highest BCUT2D eigenvalue weighted by Gasteiger charge is 2.14. The molecule has 0 fully saturated rings. The zero-order chi connectivity index (χ0) is 17.5. The Hall–Kier alpha value is -2.36. The van der Waals surface area contributed by atoms with Crippen LogP contribution in [0.3, 0.4) is 0 Å². The zero-order valence-corrected chi connectivity index (χ0v) is 15.5. The Bertz CT molecular complexity index is 838. The highest BCUT2D eigenvalue weighted by molar-refractivity contribution is 8.01. The van der Waals surface area contributed by atoms with E-state index in [9.17, 15) is 5.26 Å². The maximum absolute atomic E-state index is 9.43. The van der Waals surface area contributed by atoms with Crippen LogP contribution in [0.4, 0.5) is 5.13 Å². The minimum absolute atomic E-state index is 0.169. The van der Waals surface area contributed by atoms with Crippen molar-refractivity contribution in [3.63, 3.8) is 0 Å². The summed E-state index contributed by atoms with van der Waals surface area (Å²) in [6.45, 7) is 2.77. The van der Waals surface area contributed by atoms with E-state index in [0.717, 1.165) is 15.0 Å². The third kappa shape index (κ3) is 5.31. The van der Waals surface area contributed by atoms with Crippen LogP contribution in [0, 0.1) is 18.3 Å². The van der Waals surface area contributed by atoms with Crippen molar-refractivity contribution in [2.45, 2.75) is 29.5 Å². The van der Waals surface area contributed by atoms with Gasteiger partial charge >= 0.3 is 0 Å². The SMILES string of the molecule is Cc1ccc(C[C@H](C#N)Sc2nnc(NCc3ccccc3)s2)cc1. The molecule has 1 heterocycles. The number of nitrogens with zero attached hydrogens (tertiary/aromatic N) is 3. The van der Waals surface area contributed by atoms with Crippen LogP contribution < -0.4 is 5.32 Å². The summed E-state index contributed by atoms with van der Waals surface area (Å²) in [4.78, 5) is 0. The van der Waals surface area contributed by atoms with Crippen LogP contribution in [-0.4, -0.2) is 15.4 Å². The van der Waals surface area contributed by atoms with Gasteiger partial charge in [0, 0.05) is 6.54 Å². The van der Waals surface area contributed by atoms with Crippen molar-refractivity contribution in [2.75, 3.05) is 5.32 Å². The second kappa shape index (κ2) is 8.65. The largest absolute Gasteiger partial charge is 0.356 e. The normalized spacial score (nSPS) is 11.7. The third-order valence-corrected chi connectivity index (χ3v) is 5.68. The van der Waals surface area contributed by atoms with Gasteiger partial charge in [-0.2, -0.15) is 5.26 Å². The van der Waals surface area contributed by atoms with Crippen LogP contribution in [0.25, 0.3) is 0 Å². The summed E-state index contributed by atoms with van der Waals surface area (Å²) in [5.74, 6) is 0. The maximum atomic E-state index is 9.43. The summed E-state index contributed by atoms with van der Waals surface area (Å²) in [6.07, 6.45) is 0.702. The monoisotopic (exact) mass is 366 g/mol. The summed E-state index contributed by atoms with van der Waals surface area (Å²) in [5, 5.41) is 21.7. The molecule has 0 spiro atoms. The van der Waals surface area contributed by atoms with Gasteiger partial charge < -0.3 is 5.32 Å². The van der Waals surface area contributed by atoms with Gasteiger partial charge in [0.25, 0.3) is 0 Å². The van der Waals surface area contributed by atoms with Gasteiger partial charge in [-0.15, -0.1) is 10.2 Å². The fourth-order valence-corrected chi connectivity index (χ4v) is 4.19. The molecule has 1 atom stereocenters. The first-order valence-corrected chi connectivity index (χ1v) is 9.65. The fraction of sp³-hybridized carbons (Fsp3) is 0.211. The molecule has 1 aromatic heterocycles. The van der Waals surface area contributed by atoms with Crippen LogP contribution >= 0.6 is 23.1 Å². The first-order valence-electron chi connectivity index (χ1n) is 7.96. The molecule has 126 valence electrons. The van der Waals surface area contributed by atoms with E-state index >= 15 is 0 Å². The van der Waals surface area contributed by atoms with Crippen molar-refractivity contribution in [3.8, 4) is 6.07 Å². The Balaban J connectivity index is 1.56. The van der Waals surface area contributed by atoms with Gasteiger partial charge in [0.05, 0.1) is 6.07 Å². The molecule has 4 nitrogen and oxygen atoms in total. The summed E-state index contributed by atoms with van der Waals surface area (Å²) in [5.41, 5.74) is 3.58. The summed E-state index contributed by atoms with van der Waals surface area (Å²) in [7, 11) is 0. The minimum atomic E-state index is -0.169. The van der Waals surface area contributed by atoms with Gasteiger partial charge in [-0.3, -0.25) is 0 Å². The smallest absolute Gasteiger partial charge is 0.206 e. The van der Waals surface area contributed by atoms with Gasteiger partial charge in [0.1, 0.15) is 5.25 Å². The minimum Gasteiger partial charge on any atom is -0.356 e. The molecular formula is C19H18N4S2. The van der Waals surface area contributed by atoms with Crippen molar-refractivity contribution >= 4 is 28.2 Å². The number of nitrogens with one attached hydrogen (secondary N) is 1. The van der Waals surface area contributed by atoms with Crippen molar-refractivity contribution < 1.29 is 0 Å². The standard InChI is InChI=1S/C19H18N4S2/c1-14-7-9-15(10-8-14)11-17(12-20)24-19-23-22-18(25-19)21-13-16-5-3-2-4-6-16/h2-10,17H,11,13H2,1H3,(H,21,22)/t17-/m1/s1. The molecule has 0 bridgehead atoms. The molecule has 1 N–H and O–H groups in total. The number of thioether (sulfide) groups is 1. The van der Waals surface area contributed by atoms with E-state index in [1.165, 1.54) is 34.2 Å². The lowest BCUT2D eigenvalue weighted by Gasteiger charge is -2.06. The molecule has 3 rings (SSSR count). The zero-order valence-electron chi connectivity index (χ0n) is 13.8. The van der Waals surface area contributed by atoms with E-state index in [4.69, 9.17) is 0 Å². The molecule has 3 aromatic rings. The molecular weight excluding hydrogens is 348 g/mol. The van der Waals surface area contributed by atoms with E-state index in [2.05, 4.69) is 64.9 Å². The van der Waals surface area contributed by atoms with E-state index in [0.29, 0.717) is 13.0 Å². The number of anilines is 1. The number of benzene rings is 2. The Morgan fingerprint density at radius 1 is 1.08 bits per heavy atom. The van der Waals surface area contributed by atoms with Crippen LogP contribution in [0.5, 0.6) is 0 Å². The Morgan fingerprint density at radius 3 is 2.56 bits per heavy atom. The van der Waals surface area contributed by atoms with Crippen LogP contribution in [0.2, 0.25) is 0 Å². The second-order valence-electron chi connectivity index (χ2n) is 5.64. The summed E-state index contributed by atoms with van der Waals surface area (Å²) < 4.78 is 0.814. The first kappa shape index (κ1) is 17.5. The van der Waals surface area contributed by atoms with E-state index in [-0.39, 0.29) is 5.25 Å². The molecule has 0 aliphatic heterocycles. The lowest BCUT2D eigenvalue weighted by Crippen LogP contribution is -2.03. The maximum Gasteiger partial charge on any atom is 0.206 e. The number of aryl methyl sites for hydroxylation is 1. The average molecular weight is 367 g/mol. The molecule has 25 heavy (non-hydrogen) atoms. The summed E-state index contributed by atoms with van der Waals surface area (Å²) in [6, 6.07) is 20.8. The fourth-order valence-electron chi connectivity index (χ4n) is 2.28. The van der Waals surface area contributed by atoms with E-state index in [1.54, 1.807) is 0 Å². The number of hydrogen-bond donors (Lipinski definition) is 1. The number of aromatic nitrogens is 2. The highest BCUT2D eigenvalue weighted by Crippen LogP contribution is 2.30. The summed E-state index contributed by atoms with van der Waals surface area (Å²) >= 11 is 2.96. The number of hydrogen-bond acceptors (Lipinski definition) is 6. The van der Waals surface area contributed by atoms with E-state index < -0.39 is 0 Å². The average Bonchev–Trinajstić information content (AvgIpc) is 3.09. The van der Waals surface area contributed by atoms with Crippen molar-refractivity contribution in [3.05, 3.63) is 71.3 Å². The van der Waals surface area contributed by atoms with Crippen LogP contribution in [0.15, 0.2) is 58.9 Å². The molecule has 0 saturated carbocycles. The van der Waals surface area contributed by atoms with Gasteiger partial charge in [-0.25, -0.2) is 0 Å². The molecule has 0 unspecified atom stereocenters. The molecule has 6 heteroatoms. The van der Waals surface area contributed by atoms with Crippen molar-refractivity contribution in [1.29, 1.82) is 5.26 Å². The Kier molecular flexibility index (Phi) is 6.04. The molecule has 0 aliphatic carbocycles. The first-order chi connectivity index (χ1) is 12.2. The molecule has 0 aliphatic rings. The molecule has 0 radical (unpaired) electrons. The quantitative estimate of drug-likeness (QED) is 0.615. The van der Waals surface area contributed by atoms with Crippen LogP contribution in [0.1, 0.15) is 16.7 Å². The number of rotatable bonds is 7. The second-order valence-corrected chi connectivity index (χ2v) is 8.06. The van der Waals surface area contributed by atoms with Gasteiger partial charge in [0.15, 0.2) is 4.34 Å². The van der Waals surface area contributed by atoms with Gasteiger partial charge in [-0.05, 0) is 24.5 Å².